The van der Waals surface area contributed by atoms with Crippen LogP contribution in [0.15, 0.2) is 54.6 Å². The molecule has 3 heteroatoms. The second kappa shape index (κ2) is 7.83. The zero-order chi connectivity index (χ0) is 13.7. The molecule has 2 aromatic carbocycles. The normalized spacial score (nSPS) is 10.2. The molecule has 2 rings (SSSR count). The summed E-state index contributed by atoms with van der Waals surface area (Å²) in [6.45, 7) is 1.10. The van der Waals surface area contributed by atoms with Gasteiger partial charge in [-0.15, -0.1) is 0 Å². The highest BCUT2D eigenvalue weighted by molar-refractivity contribution is 6.08. The van der Waals surface area contributed by atoms with Crippen LogP contribution < -0.4 is 17.3 Å². The van der Waals surface area contributed by atoms with Crippen molar-refractivity contribution < 1.29 is 22.1 Å². The summed E-state index contributed by atoms with van der Waals surface area (Å²) in [7, 11) is 4.29. The number of quaternary nitrogens is 1. The SMILES string of the molecule is C[NH+](C)CCc1ccc(C(=O)c2ccccc2)cc1.[Cl-]. The number of rotatable bonds is 5. The maximum Gasteiger partial charge on any atom is 0.193 e. The average molecular weight is 290 g/mol. The van der Waals surface area contributed by atoms with Crippen LogP contribution in [-0.2, 0) is 6.42 Å². The molecule has 106 valence electrons. The van der Waals surface area contributed by atoms with Crippen LogP contribution in [0.2, 0.25) is 0 Å². The Morgan fingerprint density at radius 1 is 0.900 bits per heavy atom. The minimum Gasteiger partial charge on any atom is -1.00 e. The van der Waals surface area contributed by atoms with Crippen molar-refractivity contribution in [3.63, 3.8) is 0 Å². The van der Waals surface area contributed by atoms with E-state index in [0.717, 1.165) is 24.1 Å². The molecular weight excluding hydrogens is 270 g/mol. The number of ketones is 1. The van der Waals surface area contributed by atoms with Crippen LogP contribution in [0, 0.1) is 0 Å². The van der Waals surface area contributed by atoms with Crippen LogP contribution in [0.25, 0.3) is 0 Å². The van der Waals surface area contributed by atoms with Crippen molar-refractivity contribution in [2.24, 2.45) is 0 Å². The van der Waals surface area contributed by atoms with Crippen LogP contribution in [0.3, 0.4) is 0 Å². The lowest BCUT2D eigenvalue weighted by atomic mass is 10.0. The fraction of sp³-hybridized carbons (Fsp3) is 0.235. The van der Waals surface area contributed by atoms with E-state index in [1.807, 2.05) is 42.5 Å². The topological polar surface area (TPSA) is 21.5 Å². The van der Waals surface area contributed by atoms with Gasteiger partial charge in [0.2, 0.25) is 0 Å². The highest BCUT2D eigenvalue weighted by atomic mass is 35.5. The largest absolute Gasteiger partial charge is 1.00 e. The van der Waals surface area contributed by atoms with Crippen LogP contribution in [0.1, 0.15) is 21.5 Å². The van der Waals surface area contributed by atoms with Crippen molar-refractivity contribution in [2.45, 2.75) is 6.42 Å². The molecule has 0 unspecified atom stereocenters. The number of carbonyl (C=O) groups is 1. The van der Waals surface area contributed by atoms with Gasteiger partial charge in [0.05, 0.1) is 20.6 Å². The van der Waals surface area contributed by atoms with Gasteiger partial charge in [-0.05, 0) is 5.56 Å². The van der Waals surface area contributed by atoms with E-state index in [0.29, 0.717) is 0 Å². The number of hydrogen-bond acceptors (Lipinski definition) is 1. The first-order valence-electron chi connectivity index (χ1n) is 6.64. The first-order chi connectivity index (χ1) is 9.16. The highest BCUT2D eigenvalue weighted by Crippen LogP contribution is 2.11. The molecule has 20 heavy (non-hydrogen) atoms. The van der Waals surface area contributed by atoms with Gasteiger partial charge in [-0.2, -0.15) is 0 Å². The fourth-order valence-electron chi connectivity index (χ4n) is 1.97. The lowest BCUT2D eigenvalue weighted by Crippen LogP contribution is -3.05. The van der Waals surface area contributed by atoms with Crippen molar-refractivity contribution in [3.8, 4) is 0 Å². The Morgan fingerprint density at radius 3 is 2.00 bits per heavy atom. The summed E-state index contributed by atoms with van der Waals surface area (Å²) >= 11 is 0. The van der Waals surface area contributed by atoms with E-state index in [4.69, 9.17) is 0 Å². The van der Waals surface area contributed by atoms with Gasteiger partial charge in [0, 0.05) is 17.5 Å². The molecule has 1 N–H and O–H groups in total. The average Bonchev–Trinajstić information content (AvgIpc) is 2.46. The molecule has 0 saturated carbocycles. The molecule has 0 heterocycles. The summed E-state index contributed by atoms with van der Waals surface area (Å²) in [6, 6.07) is 17.4. The molecular formula is C17H20ClNO. The van der Waals surface area contributed by atoms with Crippen molar-refractivity contribution in [2.75, 3.05) is 20.6 Å². The Morgan fingerprint density at radius 2 is 1.45 bits per heavy atom. The lowest BCUT2D eigenvalue weighted by molar-refractivity contribution is -0.858. The fourth-order valence-corrected chi connectivity index (χ4v) is 1.97. The molecule has 2 nitrogen and oxygen atoms in total. The highest BCUT2D eigenvalue weighted by Gasteiger charge is 2.08. The van der Waals surface area contributed by atoms with Gasteiger partial charge < -0.3 is 17.3 Å². The molecule has 0 saturated heterocycles. The molecule has 0 atom stereocenters. The number of nitrogens with one attached hydrogen (secondary N) is 1. The number of hydrogen-bond donors (Lipinski definition) is 1. The molecule has 0 fully saturated rings. The minimum absolute atomic E-state index is 0. The molecule has 0 bridgehead atoms. The number of halogens is 1. The predicted molar refractivity (Wildman–Crippen MR) is 77.7 cm³/mol. The van der Waals surface area contributed by atoms with Crippen molar-refractivity contribution in [1.29, 1.82) is 0 Å². The summed E-state index contributed by atoms with van der Waals surface area (Å²) in [5.41, 5.74) is 2.78. The monoisotopic (exact) mass is 289 g/mol. The van der Waals surface area contributed by atoms with Gasteiger partial charge in [-0.25, -0.2) is 0 Å². The van der Waals surface area contributed by atoms with E-state index in [1.165, 1.54) is 10.5 Å². The van der Waals surface area contributed by atoms with Gasteiger partial charge in [-0.1, -0.05) is 54.6 Å². The number of carbonyl (C=O) groups excluding carboxylic acids is 1. The molecule has 2 aromatic rings. The molecule has 0 aliphatic rings. The van der Waals surface area contributed by atoms with Crippen LogP contribution in [-0.4, -0.2) is 26.4 Å². The Balaban J connectivity index is 0.00000200. The van der Waals surface area contributed by atoms with Gasteiger partial charge >= 0.3 is 0 Å². The second-order valence-electron chi connectivity index (χ2n) is 5.10. The van der Waals surface area contributed by atoms with Crippen LogP contribution in [0.4, 0.5) is 0 Å². The van der Waals surface area contributed by atoms with Crippen LogP contribution >= 0.6 is 0 Å². The van der Waals surface area contributed by atoms with E-state index in [9.17, 15) is 4.79 Å². The van der Waals surface area contributed by atoms with E-state index in [2.05, 4.69) is 26.2 Å². The molecule has 0 aliphatic carbocycles. The Hall–Kier alpha value is -1.64. The molecule has 0 aromatic heterocycles. The van der Waals surface area contributed by atoms with Gasteiger partial charge in [0.1, 0.15) is 0 Å². The Kier molecular flexibility index (Phi) is 6.43. The molecule has 0 spiro atoms. The van der Waals surface area contributed by atoms with Crippen molar-refractivity contribution in [1.82, 2.24) is 0 Å². The quantitative estimate of drug-likeness (QED) is 0.673. The van der Waals surface area contributed by atoms with E-state index < -0.39 is 0 Å². The summed E-state index contributed by atoms with van der Waals surface area (Å²) < 4.78 is 0. The maximum absolute atomic E-state index is 12.2. The zero-order valence-electron chi connectivity index (χ0n) is 11.9. The summed E-state index contributed by atoms with van der Waals surface area (Å²) in [6.07, 6.45) is 1.04. The molecule has 0 aliphatic heterocycles. The smallest absolute Gasteiger partial charge is 0.193 e. The number of benzene rings is 2. The van der Waals surface area contributed by atoms with Crippen molar-refractivity contribution >= 4 is 5.78 Å². The van der Waals surface area contributed by atoms with Gasteiger partial charge in [0.25, 0.3) is 0 Å². The van der Waals surface area contributed by atoms with E-state index in [-0.39, 0.29) is 18.2 Å². The van der Waals surface area contributed by atoms with Crippen molar-refractivity contribution in [3.05, 3.63) is 71.3 Å². The zero-order valence-corrected chi connectivity index (χ0v) is 12.7. The number of likely N-dealkylation sites (N-methyl/N-ethyl adjacent to an activating group) is 1. The Bertz CT molecular complexity index is 535. The second-order valence-corrected chi connectivity index (χ2v) is 5.10. The maximum atomic E-state index is 12.2. The first kappa shape index (κ1) is 16.4. The van der Waals surface area contributed by atoms with Gasteiger partial charge in [-0.3, -0.25) is 4.79 Å². The van der Waals surface area contributed by atoms with Crippen LogP contribution in [0.5, 0.6) is 0 Å². The third kappa shape index (κ3) is 4.48. The Labute approximate surface area is 126 Å². The van der Waals surface area contributed by atoms with E-state index >= 15 is 0 Å². The minimum atomic E-state index is 0. The summed E-state index contributed by atoms with van der Waals surface area (Å²) in [5.74, 6) is 0.0883. The summed E-state index contributed by atoms with van der Waals surface area (Å²) in [4.78, 5) is 13.7. The summed E-state index contributed by atoms with van der Waals surface area (Å²) in [5, 5.41) is 0. The standard InChI is InChI=1S/C17H19NO.ClH/c1-18(2)13-12-14-8-10-16(11-9-14)17(19)15-6-4-3-5-7-15;/h3-11H,12-13H2,1-2H3;1H. The lowest BCUT2D eigenvalue weighted by Gasteiger charge is -2.07. The molecule has 0 amide bonds. The van der Waals surface area contributed by atoms with Gasteiger partial charge in [0.15, 0.2) is 5.78 Å². The predicted octanol–water partition coefficient (Wildman–Crippen LogP) is -1.39. The van der Waals surface area contributed by atoms with E-state index in [1.54, 1.807) is 0 Å². The first-order valence-corrected chi connectivity index (χ1v) is 6.64. The third-order valence-corrected chi connectivity index (χ3v) is 3.17. The molecule has 0 radical (unpaired) electrons. The third-order valence-electron chi connectivity index (χ3n) is 3.17.